The zero-order chi connectivity index (χ0) is 18.4. The van der Waals surface area contributed by atoms with Crippen LogP contribution in [0.2, 0.25) is 0 Å². The third kappa shape index (κ3) is 7.12. The molecule has 2 aromatic heterocycles. The molecule has 0 unspecified atom stereocenters. The molecule has 1 aliphatic heterocycles. The Hall–Kier alpha value is -0.850. The molecule has 1 amide bonds. The van der Waals surface area contributed by atoms with Crippen LogP contribution < -0.4 is 0 Å². The summed E-state index contributed by atoms with van der Waals surface area (Å²) in [5, 5.41) is 10.7. The number of H-pyrrole nitrogens is 1. The summed E-state index contributed by atoms with van der Waals surface area (Å²) in [5.41, 5.74) is -0.425. The molecule has 0 radical (unpaired) electrons. The van der Waals surface area contributed by atoms with Crippen molar-refractivity contribution in [2.24, 2.45) is 0 Å². The number of rotatable bonds is 1. The summed E-state index contributed by atoms with van der Waals surface area (Å²) in [6, 6.07) is 0.391. The number of hydrogen-bond acceptors (Lipinski definition) is 4. The fraction of sp³-hybridized carbons (Fsp3) is 0.562. The average Bonchev–Trinajstić information content (AvgIpc) is 3.18. The highest BCUT2D eigenvalue weighted by Crippen LogP contribution is 2.23. The lowest BCUT2D eigenvalue weighted by Gasteiger charge is -2.33. The van der Waals surface area contributed by atoms with Gasteiger partial charge in [0.05, 0.1) is 25.6 Å². The summed E-state index contributed by atoms with van der Waals surface area (Å²) >= 11 is 4.44. The third-order valence-corrected chi connectivity index (χ3v) is 4.67. The minimum absolute atomic E-state index is 0.207. The molecule has 1 saturated heterocycles. The number of amides is 1. The standard InChI is InChI=1S/C13H20IN3O2.C3H3IN2/c1-13(2,3)19-12(18)16-6-4-11(5-7-16)17-9-10(14)8-15-17;4-3-1-5-6-2-3/h8-9,11H,4-7H2,1-3H3;1-2H,(H,5,6). The van der Waals surface area contributed by atoms with Crippen molar-refractivity contribution >= 4 is 51.3 Å². The fourth-order valence-corrected chi connectivity index (χ4v) is 3.08. The molecule has 3 rings (SSSR count). The van der Waals surface area contributed by atoms with Crippen molar-refractivity contribution in [2.75, 3.05) is 13.1 Å². The van der Waals surface area contributed by atoms with Crippen molar-refractivity contribution in [3.05, 3.63) is 31.9 Å². The molecule has 9 heteroatoms. The van der Waals surface area contributed by atoms with E-state index < -0.39 is 5.60 Å². The minimum Gasteiger partial charge on any atom is -0.444 e. The Labute approximate surface area is 175 Å². The number of carbonyl (C=O) groups is 1. The Bertz CT molecular complexity index is 658. The molecule has 1 aliphatic rings. The van der Waals surface area contributed by atoms with Gasteiger partial charge in [0.2, 0.25) is 0 Å². The molecule has 2 aromatic rings. The molecular formula is C16H23I2N5O2. The number of nitrogens with zero attached hydrogens (tertiary/aromatic N) is 4. The van der Waals surface area contributed by atoms with Crippen LogP contribution in [0.4, 0.5) is 4.79 Å². The zero-order valence-electron chi connectivity index (χ0n) is 14.6. The van der Waals surface area contributed by atoms with E-state index in [1.54, 1.807) is 11.1 Å². The molecule has 0 aliphatic carbocycles. The van der Waals surface area contributed by atoms with Gasteiger partial charge in [-0.25, -0.2) is 4.79 Å². The van der Waals surface area contributed by atoms with Gasteiger partial charge in [-0.15, -0.1) is 0 Å². The summed E-state index contributed by atoms with van der Waals surface area (Å²) in [4.78, 5) is 13.7. The van der Waals surface area contributed by atoms with Gasteiger partial charge in [-0.1, -0.05) is 0 Å². The minimum atomic E-state index is -0.425. The van der Waals surface area contributed by atoms with E-state index in [1.807, 2.05) is 44.0 Å². The topological polar surface area (TPSA) is 76.0 Å². The largest absolute Gasteiger partial charge is 0.444 e. The molecule has 7 nitrogen and oxygen atoms in total. The first-order valence-corrected chi connectivity index (χ1v) is 10.2. The van der Waals surface area contributed by atoms with E-state index in [1.165, 1.54) is 0 Å². The van der Waals surface area contributed by atoms with Gasteiger partial charge in [0.15, 0.2) is 0 Å². The molecule has 3 heterocycles. The smallest absolute Gasteiger partial charge is 0.410 e. The van der Waals surface area contributed by atoms with Crippen LogP contribution in [0.5, 0.6) is 0 Å². The van der Waals surface area contributed by atoms with E-state index in [9.17, 15) is 4.79 Å². The number of likely N-dealkylation sites (tertiary alicyclic amines) is 1. The predicted molar refractivity (Wildman–Crippen MR) is 112 cm³/mol. The fourth-order valence-electron chi connectivity index (χ4n) is 2.39. The lowest BCUT2D eigenvalue weighted by Crippen LogP contribution is -2.42. The van der Waals surface area contributed by atoms with Gasteiger partial charge in [0, 0.05) is 25.5 Å². The van der Waals surface area contributed by atoms with Crippen molar-refractivity contribution in [3.8, 4) is 0 Å². The number of piperidine rings is 1. The highest BCUT2D eigenvalue weighted by Gasteiger charge is 2.27. The van der Waals surface area contributed by atoms with E-state index in [2.05, 4.69) is 60.5 Å². The van der Waals surface area contributed by atoms with Crippen molar-refractivity contribution in [2.45, 2.75) is 45.3 Å². The van der Waals surface area contributed by atoms with Gasteiger partial charge in [0.1, 0.15) is 5.60 Å². The molecule has 0 saturated carbocycles. The van der Waals surface area contributed by atoms with Crippen molar-refractivity contribution in [1.29, 1.82) is 0 Å². The monoisotopic (exact) mass is 571 g/mol. The Morgan fingerprint density at radius 1 is 1.24 bits per heavy atom. The van der Waals surface area contributed by atoms with Gasteiger partial charge in [0.25, 0.3) is 0 Å². The Morgan fingerprint density at radius 2 is 1.92 bits per heavy atom. The number of nitrogens with one attached hydrogen (secondary N) is 1. The lowest BCUT2D eigenvalue weighted by molar-refractivity contribution is 0.0185. The maximum absolute atomic E-state index is 11.9. The van der Waals surface area contributed by atoms with Crippen molar-refractivity contribution in [1.82, 2.24) is 24.9 Å². The van der Waals surface area contributed by atoms with Crippen molar-refractivity contribution in [3.63, 3.8) is 0 Å². The molecule has 0 atom stereocenters. The zero-order valence-corrected chi connectivity index (χ0v) is 18.9. The Balaban J connectivity index is 0.000000316. The van der Waals surface area contributed by atoms with Crippen LogP contribution in [0.25, 0.3) is 0 Å². The van der Waals surface area contributed by atoms with Gasteiger partial charge in [-0.2, -0.15) is 10.2 Å². The quantitative estimate of drug-likeness (QED) is 0.524. The van der Waals surface area contributed by atoms with E-state index in [0.29, 0.717) is 6.04 Å². The number of carbonyl (C=O) groups excluding carboxylic acids is 1. The second-order valence-electron chi connectivity index (χ2n) is 6.75. The predicted octanol–water partition coefficient (Wildman–Crippen LogP) is 4.07. The van der Waals surface area contributed by atoms with Gasteiger partial charge in [-0.05, 0) is 78.8 Å². The summed E-state index contributed by atoms with van der Waals surface area (Å²) < 4.78 is 9.69. The molecule has 0 aromatic carbocycles. The second kappa shape index (κ2) is 9.19. The molecule has 0 bridgehead atoms. The average molecular weight is 571 g/mol. The molecule has 138 valence electrons. The summed E-state index contributed by atoms with van der Waals surface area (Å²) in [5.74, 6) is 0. The van der Waals surface area contributed by atoms with Crippen LogP contribution in [0.15, 0.2) is 24.8 Å². The van der Waals surface area contributed by atoms with Crippen LogP contribution >= 0.6 is 45.2 Å². The van der Waals surface area contributed by atoms with Gasteiger partial charge in [-0.3, -0.25) is 9.78 Å². The lowest BCUT2D eigenvalue weighted by atomic mass is 10.1. The number of aromatic nitrogens is 4. The molecule has 1 N–H and O–H groups in total. The SMILES string of the molecule is CC(C)(C)OC(=O)N1CCC(n2cc(I)cn2)CC1.Ic1cn[nH]c1. The van der Waals surface area contributed by atoms with E-state index in [0.717, 1.165) is 33.1 Å². The van der Waals surface area contributed by atoms with Crippen LogP contribution in [-0.2, 0) is 4.74 Å². The van der Waals surface area contributed by atoms with Gasteiger partial charge < -0.3 is 9.64 Å². The summed E-state index contributed by atoms with van der Waals surface area (Å²) in [7, 11) is 0. The van der Waals surface area contributed by atoms with Crippen LogP contribution in [-0.4, -0.2) is 49.7 Å². The molecule has 1 fully saturated rings. The Kier molecular flexibility index (Phi) is 7.52. The van der Waals surface area contributed by atoms with E-state index in [-0.39, 0.29) is 6.09 Å². The highest BCUT2D eigenvalue weighted by molar-refractivity contribution is 14.1. The second-order valence-corrected chi connectivity index (χ2v) is 9.24. The van der Waals surface area contributed by atoms with E-state index in [4.69, 9.17) is 4.74 Å². The number of hydrogen-bond donors (Lipinski definition) is 1. The molecular weight excluding hydrogens is 548 g/mol. The maximum atomic E-state index is 11.9. The maximum Gasteiger partial charge on any atom is 0.410 e. The molecule has 25 heavy (non-hydrogen) atoms. The summed E-state index contributed by atoms with van der Waals surface area (Å²) in [6.45, 7) is 7.14. The first-order chi connectivity index (χ1) is 11.7. The van der Waals surface area contributed by atoms with Crippen molar-refractivity contribution < 1.29 is 9.53 Å². The number of halogens is 2. The molecule has 0 spiro atoms. The van der Waals surface area contributed by atoms with Crippen LogP contribution in [0.1, 0.15) is 39.7 Å². The van der Waals surface area contributed by atoms with Crippen LogP contribution in [0, 0.1) is 7.14 Å². The first-order valence-electron chi connectivity index (χ1n) is 8.06. The highest BCUT2D eigenvalue weighted by atomic mass is 127. The normalized spacial score (nSPS) is 15.5. The van der Waals surface area contributed by atoms with Gasteiger partial charge >= 0.3 is 6.09 Å². The first kappa shape index (κ1) is 20.5. The Morgan fingerprint density at radius 3 is 2.32 bits per heavy atom. The third-order valence-electron chi connectivity index (χ3n) is 3.53. The summed E-state index contributed by atoms with van der Waals surface area (Å²) in [6.07, 6.45) is 9.16. The number of ether oxygens (including phenoxy) is 1. The number of aromatic amines is 1. The van der Waals surface area contributed by atoms with E-state index >= 15 is 0 Å². The van der Waals surface area contributed by atoms with Crippen LogP contribution in [0.3, 0.4) is 0 Å².